The molecular weight excluding hydrogens is 1760 g/mol. The number of amides is 2. The number of hydrogen-bond acceptors (Lipinski definition) is 32. The minimum Gasteiger partial charge on any atom is -0.505 e. The molecule has 6 aromatic heterocycles. The van der Waals surface area contributed by atoms with Crippen LogP contribution in [0.4, 0.5) is 85.8 Å². The zero-order valence-corrected chi connectivity index (χ0v) is 74.9. The molecule has 0 bridgehead atoms. The van der Waals surface area contributed by atoms with Crippen LogP contribution in [0.2, 0.25) is 0 Å². The normalized spacial score (nSPS) is 12.8. The predicted molar refractivity (Wildman–Crippen MR) is 487 cm³/mol. The number of rotatable bonds is 33. The van der Waals surface area contributed by atoms with E-state index < -0.39 is 128 Å². The molecule has 0 fully saturated rings. The minimum absolute atomic E-state index is 0. The summed E-state index contributed by atoms with van der Waals surface area (Å²) in [5.74, 6) is -6.61. The Hall–Kier alpha value is -12.6. The Bertz CT molecular complexity index is 6350. The van der Waals surface area contributed by atoms with Crippen LogP contribution in [0.5, 0.6) is 23.0 Å². The molecule has 6 aromatic carbocycles. The number of aromatic hydroxyl groups is 4. The molecule has 2 amide bonds. The molecule has 12 aromatic rings. The Balaban J connectivity index is 0.000000233. The first kappa shape index (κ1) is 102. The van der Waals surface area contributed by atoms with Gasteiger partial charge >= 0.3 is 0 Å². The van der Waals surface area contributed by atoms with Crippen molar-refractivity contribution in [2.24, 2.45) is 5.41 Å². The van der Waals surface area contributed by atoms with Crippen LogP contribution in [0.1, 0.15) is 181 Å². The molecule has 0 aliphatic rings. The number of phenols is 2. The molecule has 0 spiro atoms. The number of phenolic OH excluding ortho intramolecular Hbond substituents is 2. The highest BCUT2D eigenvalue weighted by atomic mass is 32.3. The van der Waals surface area contributed by atoms with E-state index in [-0.39, 0.29) is 152 Å². The molecule has 12 N–H and O–H groups in total. The Morgan fingerprint density at radius 1 is 0.422 bits per heavy atom. The number of anilines is 12. The number of halogens is 4. The number of carbonyl (C=O) groups excluding carboxylic acids is 2. The molecule has 0 radical (unpaired) electrons. The van der Waals surface area contributed by atoms with E-state index in [0.29, 0.717) is 43.1 Å². The molecule has 12 rings (SSSR count). The number of aryl methyl sites for hydroxylation is 4. The maximum Gasteiger partial charge on any atom is 0.272 e. The maximum absolute atomic E-state index is 14.2. The second-order valence-electron chi connectivity index (χ2n) is 30.7. The molecule has 692 valence electrons. The van der Waals surface area contributed by atoms with Gasteiger partial charge in [-0.05, 0) is 112 Å². The second kappa shape index (κ2) is 40.6. The molecule has 4 atom stereocenters. The lowest BCUT2D eigenvalue weighted by molar-refractivity contribution is -0.00609. The monoisotopic (exact) mass is 1860 g/mol. The zero-order chi connectivity index (χ0) is 93.8. The smallest absolute Gasteiger partial charge is 0.272 e. The lowest BCUT2D eigenvalue weighted by atomic mass is 9.85. The van der Waals surface area contributed by atoms with Crippen molar-refractivity contribution in [1.82, 2.24) is 18.4 Å². The van der Waals surface area contributed by atoms with Crippen molar-refractivity contribution in [1.29, 1.82) is 0 Å². The van der Waals surface area contributed by atoms with Gasteiger partial charge in [0, 0.05) is 79.0 Å². The highest BCUT2D eigenvalue weighted by Crippen LogP contribution is 2.46. The summed E-state index contributed by atoms with van der Waals surface area (Å²) in [7, 11) is -1.74. The third-order valence-corrected chi connectivity index (χ3v) is 26.8. The predicted octanol–water partition coefficient (Wildman–Crippen LogP) is 14.8. The Kier molecular flexibility index (Phi) is 32.5. The van der Waals surface area contributed by atoms with Crippen molar-refractivity contribution in [2.45, 2.75) is 163 Å². The molecule has 6 heterocycles. The first-order valence-corrected chi connectivity index (χ1v) is 43.6. The van der Waals surface area contributed by atoms with Crippen molar-refractivity contribution >= 4 is 123 Å². The van der Waals surface area contributed by atoms with Crippen LogP contribution in [0.3, 0.4) is 0 Å². The minimum atomic E-state index is -3.88. The number of nitrogens with zero attached hydrogens (tertiary/aromatic N) is 4. The van der Waals surface area contributed by atoms with Crippen molar-refractivity contribution in [3.8, 4) is 23.0 Å². The number of nitrogens with one attached hydrogen (secondary N) is 8. The van der Waals surface area contributed by atoms with Gasteiger partial charge in [-0.15, -0.1) is 22.7 Å². The van der Waals surface area contributed by atoms with Gasteiger partial charge in [-0.1, -0.05) is 82.4 Å². The van der Waals surface area contributed by atoms with Crippen molar-refractivity contribution in [3.05, 3.63) is 235 Å². The SMILES string of the molecule is C.C.CCN(CC)S(=O)(=O)c1scc(Nc2c(N[C@@H](c3ccc(C)o3)C(C)(C)C)c(=O)c2=O)c1O.CC[C@@H](Nc1c(Nc2csc(S(=O)(=O)N(CC)CC)c2O)c(=O)c1=O)c1ccc(C)o1.Cc1ccc([C@H](Nc2c(Nc3cccc(C(=O)N(C)C)c3O)c(=O)c2=O)C(C)(F)F)o1.Cc1coc([C@H](Nc2c(Nc3cccc(C(=O)N(C)C)c3O)c(=O)c2=O)C(C)(F)F)c1. The summed E-state index contributed by atoms with van der Waals surface area (Å²) >= 11 is 1.69. The Morgan fingerprint density at radius 2 is 0.727 bits per heavy atom. The topological polar surface area (TPSA) is 482 Å². The van der Waals surface area contributed by atoms with Crippen molar-refractivity contribution in [3.63, 3.8) is 0 Å². The van der Waals surface area contributed by atoms with Gasteiger partial charge in [0.15, 0.2) is 31.4 Å². The number of hydrogen-bond donors (Lipinski definition) is 12. The van der Waals surface area contributed by atoms with Gasteiger partial charge in [0.2, 0.25) is 0 Å². The molecule has 128 heavy (non-hydrogen) atoms. The number of thiophene rings is 2. The molecule has 42 heteroatoms. The largest absolute Gasteiger partial charge is 0.505 e. The standard InChI is InChI=1S/C22H29N3O6S2.2C21H21F2N3O5.C20H25N3O6S2.2CH4/c1-7-25(8-2)33(29,30)21-17(26)13(11-32-21)23-15-16(19(28)18(15)27)24-20(22(4,5)6)14-10-9-12(3)31-14;1-10-8-13(31-9-10)19(21(2,22)23)25-15-14(17(28)18(15)29)24-12-7-5-6-11(16(12)27)20(30)26(3)4;1-10-8-9-13(31-10)19(21(2,22)23)25-15-14(17(28)18(15)29)24-12-7-5-6-11(16(12)27)20(30)26(3)4;1-5-12(14-9-8-11(4)29-14)21-15-16(19(26)18(15)25)22-13-10-30-20(17(13)24)31(27,28)23(6-2)7-3;;/h9-11,20,23-24,26H,7-8H2,1-6H3;2*5-9,19,24-25,27H,1-4H3;8-10,12,21-22,24H,5-7H2,1-4H3;2*1H4/t20-;2*19-;12-;;/m0001../s1. The fourth-order valence-corrected chi connectivity index (χ4v) is 18.5. The first-order valence-electron chi connectivity index (χ1n) is 39.0. The van der Waals surface area contributed by atoms with E-state index in [4.69, 9.17) is 17.7 Å². The number of para-hydroxylation sites is 2. The third-order valence-electron chi connectivity index (χ3n) is 19.8. The fourth-order valence-electron chi connectivity index (χ4n) is 12.9. The molecule has 0 saturated heterocycles. The van der Waals surface area contributed by atoms with Crippen LogP contribution < -0.4 is 86.0 Å². The summed E-state index contributed by atoms with van der Waals surface area (Å²) in [6.07, 6.45) is 1.89. The molecule has 34 nitrogen and oxygen atoms in total. The second-order valence-corrected chi connectivity index (χ2v) is 36.7. The average molecular weight is 1860 g/mol. The van der Waals surface area contributed by atoms with Crippen LogP contribution in [0.25, 0.3) is 0 Å². The number of benzene rings is 2. The lowest BCUT2D eigenvalue weighted by Gasteiger charge is -2.31. The van der Waals surface area contributed by atoms with Gasteiger partial charge in [-0.3, -0.25) is 47.9 Å². The van der Waals surface area contributed by atoms with E-state index in [1.54, 1.807) is 47.6 Å². The van der Waals surface area contributed by atoms with Crippen LogP contribution in [-0.4, -0.2) is 134 Å². The molecule has 0 unspecified atom stereocenters. The van der Waals surface area contributed by atoms with E-state index in [2.05, 4.69) is 42.5 Å². The van der Waals surface area contributed by atoms with Crippen LogP contribution in [0.15, 0.2) is 160 Å². The van der Waals surface area contributed by atoms with E-state index in [1.165, 1.54) is 118 Å². The van der Waals surface area contributed by atoms with Crippen LogP contribution in [0, 0.1) is 33.1 Å². The average Bonchev–Trinajstić information content (AvgIpc) is 0.802. The third kappa shape index (κ3) is 21.6. The van der Waals surface area contributed by atoms with Crippen LogP contribution in [-0.2, 0) is 20.0 Å². The molecule has 0 saturated carbocycles. The van der Waals surface area contributed by atoms with Gasteiger partial charge in [-0.2, -0.15) is 8.61 Å². The lowest BCUT2D eigenvalue weighted by Crippen LogP contribution is -2.40. The maximum atomic E-state index is 14.2. The summed E-state index contributed by atoms with van der Waals surface area (Å²) in [4.78, 5) is 124. The number of carbonyl (C=O) groups is 2. The van der Waals surface area contributed by atoms with E-state index >= 15 is 0 Å². The zero-order valence-electron chi connectivity index (χ0n) is 71.7. The molecular formula is C86H104F4N12O22S4. The van der Waals surface area contributed by atoms with Crippen LogP contribution >= 0.6 is 22.7 Å². The number of furan rings is 4. The van der Waals surface area contributed by atoms with Gasteiger partial charge in [0.1, 0.15) is 97.9 Å². The summed E-state index contributed by atoms with van der Waals surface area (Å²) in [5.41, 5.74) is -7.77. The summed E-state index contributed by atoms with van der Waals surface area (Å²) in [6, 6.07) is 15.8. The van der Waals surface area contributed by atoms with Crippen molar-refractivity contribution in [2.75, 3.05) is 96.9 Å². The quantitative estimate of drug-likeness (QED) is 0.0103. The summed E-state index contributed by atoms with van der Waals surface area (Å²) < 4.78 is 132. The van der Waals surface area contributed by atoms with E-state index in [0.717, 1.165) is 34.2 Å². The van der Waals surface area contributed by atoms with E-state index in [9.17, 15) is 103 Å². The Labute approximate surface area is 741 Å². The van der Waals surface area contributed by atoms with Crippen molar-refractivity contribution < 1.29 is 82.1 Å². The van der Waals surface area contributed by atoms with E-state index in [1.807, 2.05) is 59.7 Å². The fraction of sp³-hybridized carbons (Fsp3) is 0.372. The van der Waals surface area contributed by atoms with Gasteiger partial charge in [-0.25, -0.2) is 34.4 Å². The van der Waals surface area contributed by atoms with Gasteiger partial charge in [0.05, 0.1) is 52.2 Å². The Morgan fingerprint density at radius 3 is 1.02 bits per heavy atom. The summed E-state index contributed by atoms with van der Waals surface area (Å²) in [6.45, 7) is 23.8. The van der Waals surface area contributed by atoms with Gasteiger partial charge in [0.25, 0.3) is 87.1 Å². The summed E-state index contributed by atoms with van der Waals surface area (Å²) in [5, 5.41) is 66.3. The number of sulfonamides is 2. The molecule has 0 aliphatic heterocycles. The van der Waals surface area contributed by atoms with Gasteiger partial charge < -0.3 is 90.4 Å². The highest BCUT2D eigenvalue weighted by Gasteiger charge is 2.43. The highest BCUT2D eigenvalue weighted by molar-refractivity contribution is 7.91. The molecule has 0 aliphatic carbocycles. The first-order chi connectivity index (χ1) is 58.8. The number of alkyl halides is 4.